The summed E-state index contributed by atoms with van der Waals surface area (Å²) in [6, 6.07) is 3.70. The number of phenols is 1. The van der Waals surface area contributed by atoms with Crippen molar-refractivity contribution in [3.63, 3.8) is 0 Å². The summed E-state index contributed by atoms with van der Waals surface area (Å²) in [5, 5.41) is 20.5. The van der Waals surface area contributed by atoms with E-state index in [1.807, 2.05) is 13.0 Å². The van der Waals surface area contributed by atoms with Crippen molar-refractivity contribution in [3.8, 4) is 5.75 Å². The minimum atomic E-state index is -0.614. The first kappa shape index (κ1) is 16.0. The monoisotopic (exact) mass is 264 g/mol. The molecule has 0 fully saturated rings. The molecule has 0 saturated carbocycles. The molecule has 0 aromatic heterocycles. The lowest BCUT2D eigenvalue weighted by Crippen LogP contribution is -2.25. The number of hydrogen-bond acceptors (Lipinski definition) is 2. The van der Waals surface area contributed by atoms with Gasteiger partial charge in [-0.15, -0.1) is 0 Å². The van der Waals surface area contributed by atoms with Crippen LogP contribution in [0.3, 0.4) is 0 Å². The zero-order valence-electron chi connectivity index (χ0n) is 13.3. The summed E-state index contributed by atoms with van der Waals surface area (Å²) in [5.41, 5.74) is 2.84. The minimum Gasteiger partial charge on any atom is -0.508 e. The van der Waals surface area contributed by atoms with Crippen molar-refractivity contribution in [2.45, 2.75) is 71.8 Å². The van der Waals surface area contributed by atoms with Crippen molar-refractivity contribution < 1.29 is 10.2 Å². The molecule has 0 aliphatic rings. The lowest BCUT2D eigenvalue weighted by molar-refractivity contribution is 0.167. The number of aromatic hydroxyl groups is 1. The first-order chi connectivity index (χ1) is 8.50. The third kappa shape index (κ3) is 3.30. The Labute approximate surface area is 117 Å². The zero-order valence-corrected chi connectivity index (χ0v) is 13.3. The molecule has 1 aromatic carbocycles. The first-order valence-electron chi connectivity index (χ1n) is 7.05. The van der Waals surface area contributed by atoms with E-state index in [1.54, 1.807) is 6.07 Å². The largest absolute Gasteiger partial charge is 0.508 e. The maximum Gasteiger partial charge on any atom is 0.121 e. The van der Waals surface area contributed by atoms with Crippen LogP contribution in [-0.2, 0) is 10.8 Å². The Morgan fingerprint density at radius 3 is 1.89 bits per heavy atom. The van der Waals surface area contributed by atoms with Gasteiger partial charge in [-0.1, -0.05) is 54.5 Å². The van der Waals surface area contributed by atoms with Gasteiger partial charge in [0.2, 0.25) is 0 Å². The van der Waals surface area contributed by atoms with Gasteiger partial charge in [0.1, 0.15) is 5.75 Å². The second-order valence-corrected chi connectivity index (χ2v) is 7.34. The molecule has 0 aliphatic heterocycles. The van der Waals surface area contributed by atoms with Gasteiger partial charge in [0, 0.05) is 5.56 Å². The average Bonchev–Trinajstić information content (AvgIpc) is 2.24. The van der Waals surface area contributed by atoms with Crippen LogP contribution in [0.4, 0.5) is 0 Å². The van der Waals surface area contributed by atoms with Gasteiger partial charge < -0.3 is 10.2 Å². The topological polar surface area (TPSA) is 40.5 Å². The van der Waals surface area contributed by atoms with Gasteiger partial charge in [-0.25, -0.2) is 0 Å². The second-order valence-electron chi connectivity index (χ2n) is 7.34. The van der Waals surface area contributed by atoms with E-state index in [1.165, 1.54) is 5.56 Å². The molecule has 0 radical (unpaired) electrons. The molecule has 1 unspecified atom stereocenters. The number of phenolic OH excluding ortho intramolecular Hbond substituents is 1. The molecule has 2 nitrogen and oxygen atoms in total. The lowest BCUT2D eigenvalue weighted by Gasteiger charge is -2.34. The Morgan fingerprint density at radius 2 is 1.53 bits per heavy atom. The maximum atomic E-state index is 10.3. The van der Waals surface area contributed by atoms with Gasteiger partial charge in [0.25, 0.3) is 0 Å². The van der Waals surface area contributed by atoms with Crippen LogP contribution in [0.1, 0.15) is 77.7 Å². The average molecular weight is 264 g/mol. The smallest absolute Gasteiger partial charge is 0.121 e. The summed E-state index contributed by atoms with van der Waals surface area (Å²) < 4.78 is 0. The molecule has 1 atom stereocenters. The van der Waals surface area contributed by atoms with Crippen molar-refractivity contribution in [1.29, 1.82) is 0 Å². The molecular weight excluding hydrogens is 236 g/mol. The van der Waals surface area contributed by atoms with Crippen LogP contribution in [0.15, 0.2) is 12.1 Å². The van der Waals surface area contributed by atoms with Crippen LogP contribution in [0, 0.1) is 0 Å². The third-order valence-corrected chi connectivity index (χ3v) is 3.50. The van der Waals surface area contributed by atoms with E-state index in [4.69, 9.17) is 0 Å². The van der Waals surface area contributed by atoms with Crippen LogP contribution in [0.25, 0.3) is 0 Å². The summed E-state index contributed by atoms with van der Waals surface area (Å²) in [5.74, 6) is 0.201. The fourth-order valence-corrected chi connectivity index (χ4v) is 2.58. The Kier molecular flexibility index (Phi) is 4.36. The minimum absolute atomic E-state index is 0.0154. The van der Waals surface area contributed by atoms with E-state index in [9.17, 15) is 10.2 Å². The normalized spacial score (nSPS) is 14.5. The Morgan fingerprint density at radius 1 is 1.00 bits per heavy atom. The van der Waals surface area contributed by atoms with E-state index >= 15 is 0 Å². The van der Waals surface area contributed by atoms with Crippen molar-refractivity contribution in [1.82, 2.24) is 0 Å². The highest BCUT2D eigenvalue weighted by molar-refractivity contribution is 5.51. The molecule has 0 spiro atoms. The Bertz CT molecular complexity index is 448. The van der Waals surface area contributed by atoms with Crippen molar-refractivity contribution in [2.75, 3.05) is 0 Å². The highest BCUT2D eigenvalue weighted by Gasteiger charge is 2.31. The number of aliphatic hydroxyl groups is 1. The highest BCUT2D eigenvalue weighted by atomic mass is 16.3. The molecule has 0 amide bonds. The second kappa shape index (κ2) is 5.16. The molecule has 2 heteroatoms. The standard InChI is InChI=1S/C17H28O2/c1-8-12(18)14-13(19)10-9-11(16(2,3)4)15(14)17(5,6)7/h9-10,12,18-19H,8H2,1-7H3. The molecule has 19 heavy (non-hydrogen) atoms. The Hall–Kier alpha value is -1.02. The lowest BCUT2D eigenvalue weighted by atomic mass is 9.72. The van der Waals surface area contributed by atoms with Gasteiger partial charge in [0.05, 0.1) is 6.10 Å². The van der Waals surface area contributed by atoms with Gasteiger partial charge in [0.15, 0.2) is 0 Å². The van der Waals surface area contributed by atoms with E-state index in [0.29, 0.717) is 12.0 Å². The summed E-state index contributed by atoms with van der Waals surface area (Å²) in [7, 11) is 0. The predicted molar refractivity (Wildman–Crippen MR) is 80.8 cm³/mol. The van der Waals surface area contributed by atoms with Gasteiger partial charge in [-0.05, 0) is 34.4 Å². The fraction of sp³-hybridized carbons (Fsp3) is 0.647. The number of rotatable bonds is 2. The highest BCUT2D eigenvalue weighted by Crippen LogP contribution is 2.42. The van der Waals surface area contributed by atoms with Crippen molar-refractivity contribution >= 4 is 0 Å². The molecule has 1 aromatic rings. The van der Waals surface area contributed by atoms with E-state index < -0.39 is 6.10 Å². The van der Waals surface area contributed by atoms with E-state index in [0.717, 1.165) is 5.56 Å². The van der Waals surface area contributed by atoms with Crippen LogP contribution in [0.5, 0.6) is 5.75 Å². The summed E-state index contributed by atoms with van der Waals surface area (Å²) in [4.78, 5) is 0. The quantitative estimate of drug-likeness (QED) is 0.829. The van der Waals surface area contributed by atoms with Gasteiger partial charge in [-0.3, -0.25) is 0 Å². The van der Waals surface area contributed by atoms with Crippen molar-refractivity contribution in [2.24, 2.45) is 0 Å². The number of benzene rings is 1. The van der Waals surface area contributed by atoms with Crippen LogP contribution < -0.4 is 0 Å². The van der Waals surface area contributed by atoms with Crippen LogP contribution >= 0.6 is 0 Å². The molecule has 0 aliphatic carbocycles. The molecule has 108 valence electrons. The summed E-state index contributed by atoms with van der Waals surface area (Å²) in [6.07, 6.45) is -0.0129. The summed E-state index contributed by atoms with van der Waals surface area (Å²) >= 11 is 0. The molecular formula is C17H28O2. The molecule has 2 N–H and O–H groups in total. The van der Waals surface area contributed by atoms with Crippen LogP contribution in [0.2, 0.25) is 0 Å². The van der Waals surface area contributed by atoms with Gasteiger partial charge in [-0.2, -0.15) is 0 Å². The van der Waals surface area contributed by atoms with Crippen molar-refractivity contribution in [3.05, 3.63) is 28.8 Å². The maximum absolute atomic E-state index is 10.3. The SMILES string of the molecule is CCC(O)c1c(O)ccc(C(C)(C)C)c1C(C)(C)C. The summed E-state index contributed by atoms with van der Waals surface area (Å²) in [6.45, 7) is 14.8. The van der Waals surface area contributed by atoms with E-state index in [-0.39, 0.29) is 16.6 Å². The zero-order chi connectivity index (χ0) is 15.0. The fourth-order valence-electron chi connectivity index (χ4n) is 2.58. The molecule has 1 rings (SSSR count). The molecule has 0 heterocycles. The van der Waals surface area contributed by atoms with Crippen LogP contribution in [-0.4, -0.2) is 10.2 Å². The predicted octanol–water partition coefficient (Wildman–Crippen LogP) is 4.43. The van der Waals surface area contributed by atoms with Gasteiger partial charge >= 0.3 is 0 Å². The van der Waals surface area contributed by atoms with E-state index in [2.05, 4.69) is 41.5 Å². The Balaban J connectivity index is 3.71. The first-order valence-corrected chi connectivity index (χ1v) is 7.05. The third-order valence-electron chi connectivity index (χ3n) is 3.50. The number of hydrogen-bond donors (Lipinski definition) is 2. The number of aliphatic hydroxyl groups excluding tert-OH is 1. The molecule has 0 saturated heterocycles. The molecule has 0 bridgehead atoms.